The molecule has 0 atom stereocenters. The molecule has 0 fully saturated rings. The molecule has 0 bridgehead atoms. The Bertz CT molecular complexity index is 6980. The summed E-state index contributed by atoms with van der Waals surface area (Å²) < 4.78 is 0. The van der Waals surface area contributed by atoms with E-state index >= 15 is 0 Å². The van der Waals surface area contributed by atoms with E-state index in [1.165, 1.54) is 121 Å². The van der Waals surface area contributed by atoms with Gasteiger partial charge in [-0.15, -0.1) is 0 Å². The summed E-state index contributed by atoms with van der Waals surface area (Å²) in [5.74, 6) is 0. The second-order valence-electron chi connectivity index (χ2n) is 34.0. The van der Waals surface area contributed by atoms with Crippen LogP contribution >= 0.6 is 0 Å². The predicted octanol–water partition coefficient (Wildman–Crippen LogP) is 34.5. The summed E-state index contributed by atoms with van der Waals surface area (Å²) >= 11 is 0. The largest absolute Gasteiger partial charge is 0.311 e. The molecule has 0 radical (unpaired) electrons. The Morgan fingerprint density at radius 1 is 0.129 bits per heavy atom. The average molecular weight is 1590 g/mol. The normalized spacial score (nSPS) is 11.5. The van der Waals surface area contributed by atoms with E-state index in [1.54, 1.807) is 0 Å². The summed E-state index contributed by atoms with van der Waals surface area (Å²) in [6, 6.07) is 171. The smallest absolute Gasteiger partial charge is 0.0462 e. The molecule has 0 N–H and O–H groups in total. The van der Waals surface area contributed by atoms with E-state index in [9.17, 15) is 0 Å². The maximum absolute atomic E-state index is 2.44. The van der Waals surface area contributed by atoms with E-state index in [2.05, 4.69) is 534 Å². The van der Waals surface area contributed by atoms with Crippen LogP contribution < -0.4 is 19.6 Å². The first-order valence-corrected chi connectivity index (χ1v) is 43.0. The summed E-state index contributed by atoms with van der Waals surface area (Å²) in [4.78, 5) is 9.28. The zero-order chi connectivity index (χ0) is 84.1. The molecule has 0 aliphatic rings. The minimum Gasteiger partial charge on any atom is -0.311 e. The van der Waals surface area contributed by atoms with Gasteiger partial charge in [-0.2, -0.15) is 0 Å². The van der Waals surface area contributed by atoms with Crippen molar-refractivity contribution in [3.63, 3.8) is 0 Å². The number of hydrogen-bond acceptors (Lipinski definition) is 4. The third-order valence-corrected chi connectivity index (χ3v) is 24.0. The Labute approximate surface area is 729 Å². The highest BCUT2D eigenvalue weighted by molar-refractivity contribution is 6.23. The maximum atomic E-state index is 2.44. The first-order valence-electron chi connectivity index (χ1n) is 43.0. The van der Waals surface area contributed by atoms with E-state index < -0.39 is 0 Å². The number of nitrogens with zero attached hydrogens (tertiary/aromatic N) is 4. The molecule has 20 aromatic rings. The molecule has 0 aliphatic heterocycles. The fourth-order valence-electron chi connectivity index (χ4n) is 17.8. The highest BCUT2D eigenvalue weighted by Crippen LogP contribution is 2.50. The topological polar surface area (TPSA) is 13.0 Å². The maximum Gasteiger partial charge on any atom is 0.0462 e. The molecule has 4 heteroatoms. The summed E-state index contributed by atoms with van der Waals surface area (Å²) in [5, 5.41) is 10.1. The molecule has 0 amide bonds. The molecule has 0 aromatic heterocycles. The first kappa shape index (κ1) is 78.5. The lowest BCUT2D eigenvalue weighted by molar-refractivity contribution is 0.591. The Kier molecular flexibility index (Phi) is 21.8. The fourth-order valence-corrected chi connectivity index (χ4v) is 17.8. The van der Waals surface area contributed by atoms with Crippen molar-refractivity contribution in [2.75, 3.05) is 19.6 Å². The second kappa shape index (κ2) is 34.4. The van der Waals surface area contributed by atoms with Gasteiger partial charge in [0.25, 0.3) is 0 Å². The molecular weight excluding hydrogens is 1500 g/mol. The number of para-hydroxylation sites is 6. The van der Waals surface area contributed by atoms with Crippen LogP contribution in [0.1, 0.15) is 52.7 Å². The van der Waals surface area contributed by atoms with E-state index in [0.717, 1.165) is 68.2 Å². The van der Waals surface area contributed by atoms with Crippen LogP contribution in [0.5, 0.6) is 0 Å². The number of benzene rings is 20. The summed E-state index contributed by atoms with van der Waals surface area (Å²) in [6.45, 7) is 13.8. The van der Waals surface area contributed by atoms with E-state index in [1.807, 2.05) is 0 Å². The van der Waals surface area contributed by atoms with Crippen molar-refractivity contribution in [3.8, 4) is 66.8 Å². The Balaban J connectivity index is 0.000000163. The second-order valence-corrected chi connectivity index (χ2v) is 34.0. The van der Waals surface area contributed by atoms with Crippen molar-refractivity contribution in [3.05, 3.63) is 484 Å². The highest BCUT2D eigenvalue weighted by Gasteiger charge is 2.26. The minimum atomic E-state index is 0.00893. The molecule has 0 aliphatic carbocycles. The molecule has 0 spiro atoms. The van der Waals surface area contributed by atoms with Gasteiger partial charge in [0, 0.05) is 68.2 Å². The predicted molar refractivity (Wildman–Crippen MR) is 532 cm³/mol. The number of fused-ring (bicyclic) bond motifs is 4. The molecule has 0 saturated heterocycles. The van der Waals surface area contributed by atoms with Gasteiger partial charge in [-0.25, -0.2) is 0 Å². The SMILES string of the molecule is CC(C)(C)c1ccc2c(-c3ccc(N(c4ccccc4)c4ccc(-c5ccc(N(c6ccccc6)c6ccccc6)cc5)cc4)cc3)c3ccccc3c(-c3ccccc3)c2c1.CC(C)(C)c1ccc2c(-c3ccccc3)c3ccccc3c(-c3ccc(N(c4ccccc4)c4ccc(-c5ccc(N(c6ccccc6)c6ccccc6)cc5)cc4)cc3)c2c1. The molecule has 124 heavy (non-hydrogen) atoms. The quantitative estimate of drug-likeness (QED) is 0.0794. The highest BCUT2D eigenvalue weighted by atomic mass is 15.2. The molecule has 0 saturated carbocycles. The standard InChI is InChI=1S/2C60H48N2/c1-60(2,3)47-34-41-56-57(42-47)59(45-18-8-4-9-19-45)55-27-17-16-26-54(55)58(56)46-32-39-53(40-33-46)62(50-24-14-7-15-25-50)52-37-30-44(31-38-52)43-28-35-51(36-29-43)61(48-20-10-5-11-21-48)49-22-12-6-13-23-49;1-60(2,3)47-34-41-56-57(42-47)59(55-27-17-16-26-54(55)58(56)45-18-8-4-9-19-45)46-32-39-53(40-33-46)62(50-24-14-7-15-25-50)52-37-30-44(31-38-52)43-28-35-51(36-29-43)61(48-20-10-5-11-21-48)49-22-12-6-13-23-49/h2*4-42H,1-3H3. The Morgan fingerprint density at radius 3 is 0.484 bits per heavy atom. The van der Waals surface area contributed by atoms with Crippen molar-refractivity contribution in [2.24, 2.45) is 0 Å². The Morgan fingerprint density at radius 2 is 0.282 bits per heavy atom. The van der Waals surface area contributed by atoms with Gasteiger partial charge in [0.1, 0.15) is 0 Å². The first-order chi connectivity index (χ1) is 60.8. The van der Waals surface area contributed by atoms with E-state index in [4.69, 9.17) is 0 Å². The zero-order valence-corrected chi connectivity index (χ0v) is 70.8. The van der Waals surface area contributed by atoms with E-state index in [-0.39, 0.29) is 10.8 Å². The van der Waals surface area contributed by atoms with Crippen LogP contribution in [0, 0.1) is 0 Å². The van der Waals surface area contributed by atoms with Gasteiger partial charge in [0.15, 0.2) is 0 Å². The van der Waals surface area contributed by atoms with Crippen molar-refractivity contribution in [1.82, 2.24) is 0 Å². The fraction of sp³-hybridized carbons (Fsp3) is 0.0667. The van der Waals surface area contributed by atoms with Crippen LogP contribution in [-0.4, -0.2) is 0 Å². The molecular formula is C120H96N4. The van der Waals surface area contributed by atoms with Crippen molar-refractivity contribution in [1.29, 1.82) is 0 Å². The van der Waals surface area contributed by atoms with Gasteiger partial charge in [0.2, 0.25) is 0 Å². The summed E-state index contributed by atoms with van der Waals surface area (Å²) in [5.41, 5.74) is 30.7. The lowest BCUT2D eigenvalue weighted by atomic mass is 9.81. The van der Waals surface area contributed by atoms with Crippen LogP contribution in [0.4, 0.5) is 68.2 Å². The lowest BCUT2D eigenvalue weighted by Gasteiger charge is -2.26. The number of anilines is 12. The van der Waals surface area contributed by atoms with Gasteiger partial charge in [0.05, 0.1) is 0 Å². The van der Waals surface area contributed by atoms with Crippen LogP contribution in [0.3, 0.4) is 0 Å². The molecule has 0 heterocycles. The van der Waals surface area contributed by atoms with Crippen molar-refractivity contribution < 1.29 is 0 Å². The molecule has 596 valence electrons. The number of hydrogen-bond donors (Lipinski definition) is 0. The third kappa shape index (κ3) is 16.0. The molecule has 0 unspecified atom stereocenters. The Hall–Kier alpha value is -15.4. The summed E-state index contributed by atoms with van der Waals surface area (Å²) in [6.07, 6.45) is 0. The third-order valence-electron chi connectivity index (χ3n) is 24.0. The lowest BCUT2D eigenvalue weighted by Crippen LogP contribution is -2.11. The van der Waals surface area contributed by atoms with Crippen LogP contribution in [0.2, 0.25) is 0 Å². The van der Waals surface area contributed by atoms with Crippen LogP contribution in [-0.2, 0) is 10.8 Å². The monoisotopic (exact) mass is 1590 g/mol. The van der Waals surface area contributed by atoms with Gasteiger partial charge in [-0.3, -0.25) is 0 Å². The van der Waals surface area contributed by atoms with Gasteiger partial charge < -0.3 is 19.6 Å². The molecule has 20 aromatic carbocycles. The average Bonchev–Trinajstić information content (AvgIpc) is 0.732. The van der Waals surface area contributed by atoms with Gasteiger partial charge >= 0.3 is 0 Å². The molecule has 4 nitrogen and oxygen atoms in total. The summed E-state index contributed by atoms with van der Waals surface area (Å²) in [7, 11) is 0. The van der Waals surface area contributed by atoms with Gasteiger partial charge in [-0.1, -0.05) is 357 Å². The zero-order valence-electron chi connectivity index (χ0n) is 70.8. The van der Waals surface area contributed by atoms with Crippen LogP contribution in [0.25, 0.3) is 110 Å². The van der Waals surface area contributed by atoms with Crippen molar-refractivity contribution in [2.45, 2.75) is 52.4 Å². The number of rotatable bonds is 18. The van der Waals surface area contributed by atoms with E-state index in [0.29, 0.717) is 0 Å². The van der Waals surface area contributed by atoms with Crippen molar-refractivity contribution >= 4 is 111 Å². The minimum absolute atomic E-state index is 0.00893. The van der Waals surface area contributed by atoms with Gasteiger partial charge in [-0.05, 0) is 290 Å². The molecule has 20 rings (SSSR count). The van der Waals surface area contributed by atoms with Crippen LogP contribution in [0.15, 0.2) is 473 Å².